The molecule has 2 heterocycles. The molecule has 0 radical (unpaired) electrons. The molecule has 16 heavy (non-hydrogen) atoms. The summed E-state index contributed by atoms with van der Waals surface area (Å²) in [6.07, 6.45) is 2.80. The molecular formula is C11H19N3O2. The van der Waals surface area contributed by atoms with Crippen LogP contribution < -0.4 is 10.6 Å². The molecule has 2 saturated heterocycles. The van der Waals surface area contributed by atoms with Gasteiger partial charge in [-0.25, -0.2) is 4.79 Å². The van der Waals surface area contributed by atoms with Crippen LogP contribution in [0.3, 0.4) is 0 Å². The molecule has 0 saturated carbocycles. The molecule has 1 unspecified atom stereocenters. The third kappa shape index (κ3) is 1.80. The molecule has 2 rings (SSSR count). The van der Waals surface area contributed by atoms with Gasteiger partial charge in [0.1, 0.15) is 5.54 Å². The highest BCUT2D eigenvalue weighted by atomic mass is 16.2. The molecule has 5 heteroatoms. The average Bonchev–Trinajstić information content (AvgIpc) is 2.83. The van der Waals surface area contributed by atoms with E-state index in [0.29, 0.717) is 13.0 Å². The summed E-state index contributed by atoms with van der Waals surface area (Å²) >= 11 is 0. The van der Waals surface area contributed by atoms with Gasteiger partial charge in [0.2, 0.25) is 0 Å². The lowest BCUT2D eigenvalue weighted by Gasteiger charge is -2.21. The highest BCUT2D eigenvalue weighted by Crippen LogP contribution is 2.21. The summed E-state index contributed by atoms with van der Waals surface area (Å²) < 4.78 is 0. The summed E-state index contributed by atoms with van der Waals surface area (Å²) in [7, 11) is 0. The third-order valence-corrected chi connectivity index (χ3v) is 3.62. The zero-order chi connectivity index (χ0) is 11.8. The van der Waals surface area contributed by atoms with Crippen molar-refractivity contribution in [1.29, 1.82) is 0 Å². The van der Waals surface area contributed by atoms with E-state index >= 15 is 0 Å². The second-order valence-electron chi connectivity index (χ2n) is 4.82. The summed E-state index contributed by atoms with van der Waals surface area (Å²) in [4.78, 5) is 25.1. The van der Waals surface area contributed by atoms with Crippen molar-refractivity contribution in [3.8, 4) is 0 Å². The third-order valence-electron chi connectivity index (χ3n) is 3.62. The van der Waals surface area contributed by atoms with E-state index in [2.05, 4.69) is 10.6 Å². The van der Waals surface area contributed by atoms with Crippen molar-refractivity contribution < 1.29 is 9.59 Å². The molecule has 2 fully saturated rings. The molecule has 2 aliphatic rings. The van der Waals surface area contributed by atoms with Crippen molar-refractivity contribution in [2.75, 3.05) is 13.1 Å². The Morgan fingerprint density at radius 3 is 2.75 bits per heavy atom. The highest BCUT2D eigenvalue weighted by Gasteiger charge is 2.46. The fraction of sp³-hybridized carbons (Fsp3) is 0.818. The largest absolute Gasteiger partial charge is 0.325 e. The van der Waals surface area contributed by atoms with Gasteiger partial charge in [0.05, 0.1) is 0 Å². The minimum Gasteiger partial charge on any atom is -0.323 e. The standard InChI is InChI=1S/C11H19N3O2/c1-3-11(2)9(15)14(10(16)13-11)7-8-5-4-6-12-8/h8,12H,3-7H2,1-2H3,(H,13,16)/t8-,11?/m1/s1. The fourth-order valence-corrected chi connectivity index (χ4v) is 2.29. The van der Waals surface area contributed by atoms with Crippen molar-refractivity contribution in [2.24, 2.45) is 0 Å². The summed E-state index contributed by atoms with van der Waals surface area (Å²) in [6, 6.07) is 0.0250. The number of amides is 3. The molecule has 90 valence electrons. The number of urea groups is 1. The minimum atomic E-state index is -0.699. The number of hydrogen-bond acceptors (Lipinski definition) is 3. The first kappa shape index (κ1) is 11.4. The predicted molar refractivity (Wildman–Crippen MR) is 60.0 cm³/mol. The maximum atomic E-state index is 12.1. The maximum Gasteiger partial charge on any atom is 0.325 e. The van der Waals surface area contributed by atoms with Gasteiger partial charge in [-0.05, 0) is 32.7 Å². The number of carbonyl (C=O) groups is 2. The monoisotopic (exact) mass is 225 g/mol. The van der Waals surface area contributed by atoms with Crippen LogP contribution in [0.25, 0.3) is 0 Å². The van der Waals surface area contributed by atoms with Gasteiger partial charge >= 0.3 is 6.03 Å². The van der Waals surface area contributed by atoms with E-state index in [4.69, 9.17) is 0 Å². The first-order valence-electron chi connectivity index (χ1n) is 5.94. The summed E-state index contributed by atoms with van der Waals surface area (Å²) in [5.74, 6) is -0.0892. The van der Waals surface area contributed by atoms with E-state index in [1.807, 2.05) is 6.92 Å². The smallest absolute Gasteiger partial charge is 0.323 e. The molecule has 3 amide bonds. The van der Waals surface area contributed by atoms with E-state index in [1.54, 1.807) is 6.92 Å². The van der Waals surface area contributed by atoms with Crippen molar-refractivity contribution in [1.82, 2.24) is 15.5 Å². The van der Waals surface area contributed by atoms with Crippen LogP contribution in [0.4, 0.5) is 4.79 Å². The zero-order valence-corrected chi connectivity index (χ0v) is 9.88. The van der Waals surface area contributed by atoms with Gasteiger partial charge in [0.15, 0.2) is 0 Å². The molecule has 0 aromatic carbocycles. The van der Waals surface area contributed by atoms with Crippen molar-refractivity contribution in [3.05, 3.63) is 0 Å². The second kappa shape index (κ2) is 4.05. The van der Waals surface area contributed by atoms with Gasteiger partial charge in [-0.2, -0.15) is 0 Å². The van der Waals surface area contributed by atoms with Crippen LogP contribution in [-0.4, -0.2) is 41.5 Å². The van der Waals surface area contributed by atoms with Crippen molar-refractivity contribution in [2.45, 2.75) is 44.7 Å². The Labute approximate surface area is 95.6 Å². The van der Waals surface area contributed by atoms with Crippen LogP contribution in [0.15, 0.2) is 0 Å². The molecule has 5 nitrogen and oxygen atoms in total. The van der Waals surface area contributed by atoms with E-state index in [-0.39, 0.29) is 18.0 Å². The molecule has 2 atom stereocenters. The predicted octanol–water partition coefficient (Wildman–Crippen LogP) is 0.459. The Bertz CT molecular complexity index is 312. The Kier molecular flexibility index (Phi) is 2.88. The topological polar surface area (TPSA) is 61.4 Å². The van der Waals surface area contributed by atoms with Crippen LogP contribution in [-0.2, 0) is 4.79 Å². The Morgan fingerprint density at radius 2 is 2.25 bits per heavy atom. The normalized spacial score (nSPS) is 34.6. The highest BCUT2D eigenvalue weighted by molar-refractivity contribution is 6.06. The number of carbonyl (C=O) groups excluding carboxylic acids is 2. The SMILES string of the molecule is CCC1(C)NC(=O)N(C[C@H]2CCCN2)C1=O. The number of imide groups is 1. The van der Waals surface area contributed by atoms with Crippen molar-refractivity contribution in [3.63, 3.8) is 0 Å². The molecule has 0 aliphatic carbocycles. The van der Waals surface area contributed by atoms with E-state index in [1.165, 1.54) is 4.90 Å². The van der Waals surface area contributed by atoms with Crippen LogP contribution in [0, 0.1) is 0 Å². The first-order valence-corrected chi connectivity index (χ1v) is 5.94. The summed E-state index contributed by atoms with van der Waals surface area (Å²) in [6.45, 7) is 5.18. The Morgan fingerprint density at radius 1 is 1.50 bits per heavy atom. The molecule has 2 aliphatic heterocycles. The molecule has 0 aromatic rings. The average molecular weight is 225 g/mol. The second-order valence-corrected chi connectivity index (χ2v) is 4.82. The van der Waals surface area contributed by atoms with Crippen LogP contribution in [0.1, 0.15) is 33.1 Å². The number of nitrogens with one attached hydrogen (secondary N) is 2. The quantitative estimate of drug-likeness (QED) is 0.686. The molecule has 0 bridgehead atoms. The summed E-state index contributed by atoms with van der Waals surface area (Å²) in [5.41, 5.74) is -0.699. The van der Waals surface area contributed by atoms with Gasteiger partial charge in [0, 0.05) is 12.6 Å². The first-order chi connectivity index (χ1) is 7.57. The lowest BCUT2D eigenvalue weighted by Crippen LogP contribution is -2.44. The van der Waals surface area contributed by atoms with E-state index < -0.39 is 5.54 Å². The lowest BCUT2D eigenvalue weighted by molar-refractivity contribution is -0.131. The molecular weight excluding hydrogens is 206 g/mol. The molecule has 0 spiro atoms. The van der Waals surface area contributed by atoms with Crippen LogP contribution in [0.2, 0.25) is 0 Å². The van der Waals surface area contributed by atoms with Gasteiger partial charge in [-0.1, -0.05) is 6.92 Å². The van der Waals surface area contributed by atoms with Gasteiger partial charge in [-0.15, -0.1) is 0 Å². The van der Waals surface area contributed by atoms with Gasteiger partial charge in [0.25, 0.3) is 5.91 Å². The number of hydrogen-bond donors (Lipinski definition) is 2. The Hall–Kier alpha value is -1.10. The number of nitrogens with zero attached hydrogens (tertiary/aromatic N) is 1. The lowest BCUT2D eigenvalue weighted by atomic mass is 9.99. The van der Waals surface area contributed by atoms with Crippen molar-refractivity contribution >= 4 is 11.9 Å². The van der Waals surface area contributed by atoms with Gasteiger partial charge < -0.3 is 10.6 Å². The van der Waals surface area contributed by atoms with Gasteiger partial charge in [-0.3, -0.25) is 9.69 Å². The summed E-state index contributed by atoms with van der Waals surface area (Å²) in [5, 5.41) is 6.06. The number of rotatable bonds is 3. The zero-order valence-electron chi connectivity index (χ0n) is 9.88. The van der Waals surface area contributed by atoms with E-state index in [9.17, 15) is 9.59 Å². The molecule has 2 N–H and O–H groups in total. The minimum absolute atomic E-state index is 0.0892. The Balaban J connectivity index is 2.04. The van der Waals surface area contributed by atoms with Crippen LogP contribution >= 0.6 is 0 Å². The maximum absolute atomic E-state index is 12.1. The fourth-order valence-electron chi connectivity index (χ4n) is 2.29. The van der Waals surface area contributed by atoms with Crippen LogP contribution in [0.5, 0.6) is 0 Å². The van der Waals surface area contributed by atoms with E-state index in [0.717, 1.165) is 19.4 Å². The molecule has 0 aromatic heterocycles.